The first kappa shape index (κ1) is 26.2. The van der Waals surface area contributed by atoms with E-state index in [-0.39, 0.29) is 35.7 Å². The summed E-state index contributed by atoms with van der Waals surface area (Å²) in [6.07, 6.45) is 5.60. The summed E-state index contributed by atoms with van der Waals surface area (Å²) in [5, 5.41) is 10.8. The van der Waals surface area contributed by atoms with Gasteiger partial charge in [0.2, 0.25) is 0 Å². The molecule has 39 heavy (non-hydrogen) atoms. The lowest BCUT2D eigenvalue weighted by Gasteiger charge is -2.53. The summed E-state index contributed by atoms with van der Waals surface area (Å²) in [5.41, 5.74) is 2.40. The van der Waals surface area contributed by atoms with Crippen LogP contribution in [0.15, 0.2) is 24.3 Å². The first-order chi connectivity index (χ1) is 18.7. The third kappa shape index (κ3) is 4.79. The fraction of sp³-hybridized carbons (Fsp3) is 0.562. The summed E-state index contributed by atoms with van der Waals surface area (Å²) in [6.45, 7) is 5.88. The van der Waals surface area contributed by atoms with Gasteiger partial charge in [0, 0.05) is 11.1 Å². The number of hydrogen-bond donors (Lipinski definition) is 1. The predicted octanol–water partition coefficient (Wildman–Crippen LogP) is 6.53. The van der Waals surface area contributed by atoms with Crippen LogP contribution in [0.2, 0.25) is 0 Å². The number of benzene rings is 2. The molecule has 5 aliphatic rings. The van der Waals surface area contributed by atoms with E-state index in [1.807, 2.05) is 26.8 Å². The predicted molar refractivity (Wildman–Crippen MR) is 144 cm³/mol. The Morgan fingerprint density at radius 2 is 1.77 bits per heavy atom. The zero-order chi connectivity index (χ0) is 27.4. The van der Waals surface area contributed by atoms with Crippen molar-refractivity contribution in [1.82, 2.24) is 0 Å². The van der Waals surface area contributed by atoms with Crippen molar-refractivity contribution in [3.63, 3.8) is 0 Å². The van der Waals surface area contributed by atoms with Crippen LogP contribution in [0.4, 0.5) is 0 Å². The second-order valence-electron chi connectivity index (χ2n) is 12.5. The molecule has 0 radical (unpaired) electrons. The minimum atomic E-state index is -0.815. The average Bonchev–Trinajstić information content (AvgIpc) is 2.88. The number of aryl methyl sites for hydroxylation is 1. The van der Waals surface area contributed by atoms with E-state index in [0.717, 1.165) is 43.1 Å². The van der Waals surface area contributed by atoms with Crippen LogP contribution in [0.3, 0.4) is 0 Å². The van der Waals surface area contributed by atoms with Gasteiger partial charge in [0.25, 0.3) is 0 Å². The number of carbonyl (C=O) groups is 2. The van der Waals surface area contributed by atoms with E-state index in [1.54, 1.807) is 18.2 Å². The summed E-state index contributed by atoms with van der Waals surface area (Å²) in [5.74, 6) is 2.48. The zero-order valence-electron chi connectivity index (χ0n) is 23.2. The molecule has 2 aromatic rings. The van der Waals surface area contributed by atoms with E-state index in [9.17, 15) is 14.7 Å². The second kappa shape index (κ2) is 10.2. The monoisotopic (exact) mass is 534 g/mol. The number of hydrogen-bond acceptors (Lipinski definition) is 7. The molecule has 0 amide bonds. The quantitative estimate of drug-likeness (QED) is 0.422. The van der Waals surface area contributed by atoms with Gasteiger partial charge in [-0.1, -0.05) is 13.8 Å². The summed E-state index contributed by atoms with van der Waals surface area (Å²) in [4.78, 5) is 26.9. The SMILES string of the molecule is COc1c(C(O)CC(C)C)ccc2c1C(=O)OCc1cc(C)cc(C(=O)OC3C4CC5CC(C4)CC3C5)c1O2. The Kier molecular flexibility index (Phi) is 6.82. The van der Waals surface area contributed by atoms with Crippen LogP contribution in [-0.2, 0) is 16.1 Å². The van der Waals surface area contributed by atoms with Crippen molar-refractivity contribution >= 4 is 11.9 Å². The third-order valence-electron chi connectivity index (χ3n) is 9.10. The Morgan fingerprint density at radius 3 is 2.41 bits per heavy atom. The lowest BCUT2D eigenvalue weighted by atomic mass is 9.55. The van der Waals surface area contributed by atoms with E-state index in [2.05, 4.69) is 0 Å². The first-order valence-corrected chi connectivity index (χ1v) is 14.3. The maximum Gasteiger partial charge on any atom is 0.346 e. The molecule has 2 aromatic carbocycles. The molecular weight excluding hydrogens is 496 g/mol. The lowest BCUT2D eigenvalue weighted by molar-refractivity contribution is -0.101. The van der Waals surface area contributed by atoms with Gasteiger partial charge < -0.3 is 24.1 Å². The fourth-order valence-corrected chi connectivity index (χ4v) is 7.72. The molecule has 4 bridgehead atoms. The van der Waals surface area contributed by atoms with Gasteiger partial charge in [-0.15, -0.1) is 0 Å². The number of aliphatic hydroxyl groups excluding tert-OH is 1. The molecule has 4 aliphatic carbocycles. The molecule has 208 valence electrons. The van der Waals surface area contributed by atoms with E-state index in [0.29, 0.717) is 40.7 Å². The van der Waals surface area contributed by atoms with Crippen LogP contribution < -0.4 is 9.47 Å². The Balaban J connectivity index is 1.35. The van der Waals surface area contributed by atoms with E-state index < -0.39 is 18.0 Å². The van der Waals surface area contributed by atoms with E-state index in [1.165, 1.54) is 13.5 Å². The van der Waals surface area contributed by atoms with Crippen LogP contribution in [0.25, 0.3) is 0 Å². The first-order valence-electron chi connectivity index (χ1n) is 14.3. The highest BCUT2D eigenvalue weighted by atomic mass is 16.6. The molecule has 1 unspecified atom stereocenters. The molecule has 1 atom stereocenters. The zero-order valence-corrected chi connectivity index (χ0v) is 23.2. The Bertz CT molecular complexity index is 1270. The molecule has 1 heterocycles. The Labute approximate surface area is 229 Å². The highest BCUT2D eigenvalue weighted by Crippen LogP contribution is 2.55. The molecule has 4 fully saturated rings. The number of rotatable bonds is 6. The molecule has 1 N–H and O–H groups in total. The normalized spacial score (nSPS) is 27.5. The van der Waals surface area contributed by atoms with Crippen LogP contribution >= 0.6 is 0 Å². The van der Waals surface area contributed by atoms with Crippen LogP contribution in [-0.4, -0.2) is 30.3 Å². The van der Waals surface area contributed by atoms with Crippen molar-refractivity contribution in [1.29, 1.82) is 0 Å². The number of fused-ring (bicyclic) bond motifs is 2. The topological polar surface area (TPSA) is 91.3 Å². The van der Waals surface area contributed by atoms with Gasteiger partial charge >= 0.3 is 11.9 Å². The van der Waals surface area contributed by atoms with Crippen molar-refractivity contribution in [3.05, 3.63) is 52.1 Å². The molecule has 7 rings (SSSR count). The van der Waals surface area contributed by atoms with Crippen LogP contribution in [0.5, 0.6) is 17.2 Å². The van der Waals surface area contributed by atoms with Crippen molar-refractivity contribution in [3.8, 4) is 17.2 Å². The Hall–Kier alpha value is -3.06. The maximum absolute atomic E-state index is 13.7. The largest absolute Gasteiger partial charge is 0.495 e. The van der Waals surface area contributed by atoms with Crippen LogP contribution in [0.1, 0.15) is 95.9 Å². The molecule has 0 aromatic heterocycles. The van der Waals surface area contributed by atoms with Crippen LogP contribution in [0, 0.1) is 36.5 Å². The van der Waals surface area contributed by atoms with Gasteiger partial charge in [0.1, 0.15) is 41.1 Å². The average molecular weight is 535 g/mol. The fourth-order valence-electron chi connectivity index (χ4n) is 7.72. The van der Waals surface area contributed by atoms with Gasteiger partial charge in [-0.3, -0.25) is 0 Å². The molecule has 7 heteroatoms. The molecule has 1 aliphatic heterocycles. The van der Waals surface area contributed by atoms with Gasteiger partial charge in [-0.2, -0.15) is 0 Å². The minimum Gasteiger partial charge on any atom is -0.495 e. The summed E-state index contributed by atoms with van der Waals surface area (Å²) in [7, 11) is 1.46. The maximum atomic E-state index is 13.7. The molecule has 0 spiro atoms. The molecule has 0 saturated heterocycles. The van der Waals surface area contributed by atoms with Gasteiger partial charge in [0.15, 0.2) is 0 Å². The van der Waals surface area contributed by atoms with Gasteiger partial charge in [-0.25, -0.2) is 9.59 Å². The van der Waals surface area contributed by atoms with Gasteiger partial charge in [0.05, 0.1) is 13.2 Å². The van der Waals surface area contributed by atoms with Crippen molar-refractivity contribution in [2.75, 3.05) is 7.11 Å². The lowest BCUT2D eigenvalue weighted by Crippen LogP contribution is -2.50. The number of cyclic esters (lactones) is 1. The summed E-state index contributed by atoms with van der Waals surface area (Å²) >= 11 is 0. The summed E-state index contributed by atoms with van der Waals surface area (Å²) < 4.78 is 23.9. The molecular formula is C32H38O7. The van der Waals surface area contributed by atoms with E-state index in [4.69, 9.17) is 18.9 Å². The number of aliphatic hydroxyl groups is 1. The van der Waals surface area contributed by atoms with Gasteiger partial charge in [-0.05, 0) is 105 Å². The third-order valence-corrected chi connectivity index (χ3v) is 9.10. The minimum absolute atomic E-state index is 0.0507. The van der Waals surface area contributed by atoms with Crippen molar-refractivity contribution < 1.29 is 33.6 Å². The van der Waals surface area contributed by atoms with Crippen molar-refractivity contribution in [2.45, 2.75) is 78.1 Å². The Morgan fingerprint density at radius 1 is 1.08 bits per heavy atom. The molecule has 7 nitrogen and oxygen atoms in total. The number of carbonyl (C=O) groups excluding carboxylic acids is 2. The molecule has 4 saturated carbocycles. The smallest absolute Gasteiger partial charge is 0.346 e. The van der Waals surface area contributed by atoms with E-state index >= 15 is 0 Å². The number of methoxy groups -OCH3 is 1. The summed E-state index contributed by atoms with van der Waals surface area (Å²) in [6, 6.07) is 7.00. The number of esters is 2. The van der Waals surface area contributed by atoms with Crippen molar-refractivity contribution in [2.24, 2.45) is 29.6 Å². The standard InChI is InChI=1S/C32H38O7/c1-16(2)7-25(33)23-5-6-26-27(30(23)36-4)32(35)37-15-22-8-17(3)9-24(29(22)38-26)31(34)39-28-20-11-18-10-19(13-20)14-21(28)12-18/h5-6,8-9,16,18-21,25,28,33H,7,10-15H2,1-4H3. The number of ether oxygens (including phenoxy) is 4. The highest BCUT2D eigenvalue weighted by molar-refractivity contribution is 5.98. The second-order valence-corrected chi connectivity index (χ2v) is 12.5. The highest BCUT2D eigenvalue weighted by Gasteiger charge is 2.50.